The van der Waals surface area contributed by atoms with Gasteiger partial charge in [-0.2, -0.15) is 4.98 Å². The molecule has 0 spiro atoms. The Labute approximate surface area is 178 Å². The summed E-state index contributed by atoms with van der Waals surface area (Å²) < 4.78 is 1.68. The maximum atomic E-state index is 12.5. The Morgan fingerprint density at radius 2 is 1.87 bits per heavy atom. The quantitative estimate of drug-likeness (QED) is 0.668. The van der Waals surface area contributed by atoms with E-state index in [0.717, 1.165) is 37.7 Å². The summed E-state index contributed by atoms with van der Waals surface area (Å²) >= 11 is 5.95. The van der Waals surface area contributed by atoms with Crippen molar-refractivity contribution < 1.29 is 9.90 Å². The first-order valence-electron chi connectivity index (χ1n) is 9.81. The second-order valence-electron chi connectivity index (χ2n) is 7.26. The lowest BCUT2D eigenvalue weighted by molar-refractivity contribution is 0.0695. The number of anilines is 1. The number of aromatic carboxylic acids is 1. The predicted molar refractivity (Wildman–Crippen MR) is 115 cm³/mol. The molecule has 1 N–H and O–H groups in total. The second-order valence-corrected chi connectivity index (χ2v) is 7.70. The van der Waals surface area contributed by atoms with E-state index < -0.39 is 11.4 Å². The number of nitrogens with zero attached hydrogens (tertiary/aromatic N) is 5. The first-order valence-corrected chi connectivity index (χ1v) is 10.2. The number of carboxylic acids is 1. The maximum absolute atomic E-state index is 12.5. The topological polar surface area (TPSA) is 91.6 Å². The zero-order valence-corrected chi connectivity index (χ0v) is 17.3. The van der Waals surface area contributed by atoms with Crippen LogP contribution in [0.4, 0.5) is 5.95 Å². The summed E-state index contributed by atoms with van der Waals surface area (Å²) in [5, 5.41) is 10.2. The van der Waals surface area contributed by atoms with Crippen LogP contribution in [0.3, 0.4) is 0 Å². The molecule has 2 aromatic heterocycles. The van der Waals surface area contributed by atoms with Crippen LogP contribution in [-0.4, -0.2) is 56.7 Å². The average molecular weight is 428 g/mol. The van der Waals surface area contributed by atoms with Gasteiger partial charge in [0.15, 0.2) is 0 Å². The zero-order valence-electron chi connectivity index (χ0n) is 16.6. The number of carboxylic acid groups (broad SMARTS) is 1. The minimum absolute atomic E-state index is 0.224. The van der Waals surface area contributed by atoms with Gasteiger partial charge in [0.25, 0.3) is 0 Å². The van der Waals surface area contributed by atoms with Gasteiger partial charge >= 0.3 is 5.97 Å². The number of hydrogen-bond acceptors (Lipinski definition) is 6. The lowest BCUT2D eigenvalue weighted by Crippen LogP contribution is -2.46. The highest BCUT2D eigenvalue weighted by Crippen LogP contribution is 2.17. The van der Waals surface area contributed by atoms with E-state index in [1.54, 1.807) is 4.57 Å². The van der Waals surface area contributed by atoms with Crippen molar-refractivity contribution in [2.45, 2.75) is 20.0 Å². The van der Waals surface area contributed by atoms with Crippen molar-refractivity contribution in [2.75, 3.05) is 31.1 Å². The molecule has 0 radical (unpaired) electrons. The molecule has 8 nitrogen and oxygen atoms in total. The molecular weight excluding hydrogens is 406 g/mol. The summed E-state index contributed by atoms with van der Waals surface area (Å²) in [6, 6.07) is 7.88. The molecule has 3 aromatic rings. The Kier molecular flexibility index (Phi) is 5.69. The van der Waals surface area contributed by atoms with Gasteiger partial charge in [-0.3, -0.25) is 9.69 Å². The van der Waals surface area contributed by atoms with Gasteiger partial charge in [0.2, 0.25) is 11.4 Å². The van der Waals surface area contributed by atoms with Crippen LogP contribution in [0.15, 0.2) is 41.5 Å². The van der Waals surface area contributed by atoms with Crippen LogP contribution >= 0.6 is 11.6 Å². The molecule has 0 unspecified atom stereocenters. The molecule has 1 fully saturated rings. The zero-order chi connectivity index (χ0) is 21.3. The number of aromatic nitrogens is 3. The van der Waals surface area contributed by atoms with Crippen LogP contribution in [-0.2, 0) is 13.1 Å². The molecule has 1 aliphatic heterocycles. The third-order valence-electron chi connectivity index (χ3n) is 5.35. The monoisotopic (exact) mass is 427 g/mol. The fraction of sp³-hybridized carbons (Fsp3) is 0.333. The first kappa shape index (κ1) is 20.3. The van der Waals surface area contributed by atoms with Gasteiger partial charge in [-0.15, -0.1) is 0 Å². The van der Waals surface area contributed by atoms with E-state index in [4.69, 9.17) is 11.6 Å². The Bertz CT molecular complexity index is 1140. The van der Waals surface area contributed by atoms with E-state index in [1.807, 2.05) is 31.2 Å². The molecular formula is C21H22ClN5O3. The minimum Gasteiger partial charge on any atom is -0.477 e. The highest BCUT2D eigenvalue weighted by atomic mass is 35.5. The van der Waals surface area contributed by atoms with Gasteiger partial charge in [-0.25, -0.2) is 9.78 Å². The second kappa shape index (κ2) is 8.41. The van der Waals surface area contributed by atoms with E-state index in [2.05, 4.69) is 19.8 Å². The smallest absolute Gasteiger partial charge is 0.341 e. The van der Waals surface area contributed by atoms with E-state index in [9.17, 15) is 14.7 Å². The largest absolute Gasteiger partial charge is 0.477 e. The molecule has 9 heteroatoms. The SMILES string of the molecule is CCn1cc(C(=O)O)c(=O)c2cnc(N3CCN(Cc4ccc(Cl)cc4)CC3)nc21. The number of pyridine rings is 1. The molecule has 156 valence electrons. The maximum Gasteiger partial charge on any atom is 0.341 e. The third-order valence-corrected chi connectivity index (χ3v) is 5.60. The van der Waals surface area contributed by atoms with Crippen molar-refractivity contribution in [3.63, 3.8) is 0 Å². The number of rotatable bonds is 5. The molecule has 0 bridgehead atoms. The molecule has 4 rings (SSSR count). The van der Waals surface area contributed by atoms with Crippen LogP contribution in [0.1, 0.15) is 22.8 Å². The fourth-order valence-electron chi connectivity index (χ4n) is 3.66. The fourth-order valence-corrected chi connectivity index (χ4v) is 3.79. The average Bonchev–Trinajstić information content (AvgIpc) is 2.76. The van der Waals surface area contributed by atoms with Crippen molar-refractivity contribution >= 4 is 34.6 Å². The summed E-state index contributed by atoms with van der Waals surface area (Å²) in [7, 11) is 0. The Morgan fingerprint density at radius 3 is 2.50 bits per heavy atom. The van der Waals surface area contributed by atoms with E-state index in [-0.39, 0.29) is 10.9 Å². The van der Waals surface area contributed by atoms with Gasteiger partial charge < -0.3 is 14.6 Å². The number of aryl methyl sites for hydroxylation is 1. The standard InChI is InChI=1S/C21H22ClN5O3/c1-2-26-13-17(20(29)30)18(28)16-11-23-21(24-19(16)26)27-9-7-25(8-10-27)12-14-3-5-15(22)6-4-14/h3-6,11,13H,2,7-10,12H2,1H3,(H,29,30). The van der Waals surface area contributed by atoms with Crippen molar-refractivity contribution in [2.24, 2.45) is 0 Å². The van der Waals surface area contributed by atoms with E-state index in [0.29, 0.717) is 18.1 Å². The van der Waals surface area contributed by atoms with Gasteiger partial charge in [-0.05, 0) is 24.6 Å². The molecule has 1 saturated heterocycles. The summed E-state index contributed by atoms with van der Waals surface area (Å²) in [5.41, 5.74) is 0.857. The van der Waals surface area contributed by atoms with Gasteiger partial charge in [0.1, 0.15) is 11.2 Å². The van der Waals surface area contributed by atoms with Crippen molar-refractivity contribution in [3.05, 3.63) is 63.0 Å². The van der Waals surface area contributed by atoms with Gasteiger partial charge in [-0.1, -0.05) is 23.7 Å². The lowest BCUT2D eigenvalue weighted by Gasteiger charge is -2.34. The number of halogens is 1. The summed E-state index contributed by atoms with van der Waals surface area (Å²) in [6.07, 6.45) is 2.80. The molecule has 0 atom stereocenters. The molecule has 0 saturated carbocycles. The Morgan fingerprint density at radius 1 is 1.17 bits per heavy atom. The molecule has 1 aromatic carbocycles. The van der Waals surface area contributed by atoms with Crippen LogP contribution in [0.5, 0.6) is 0 Å². The Hall–Kier alpha value is -2.97. The van der Waals surface area contributed by atoms with E-state index in [1.165, 1.54) is 18.0 Å². The Balaban J connectivity index is 1.53. The third kappa shape index (κ3) is 4.01. The lowest BCUT2D eigenvalue weighted by atomic mass is 10.2. The molecule has 0 aliphatic carbocycles. The minimum atomic E-state index is -1.25. The summed E-state index contributed by atoms with van der Waals surface area (Å²) in [5.74, 6) is -0.691. The summed E-state index contributed by atoms with van der Waals surface area (Å²) in [4.78, 5) is 37.2. The van der Waals surface area contributed by atoms with Gasteiger partial charge in [0, 0.05) is 56.7 Å². The van der Waals surface area contributed by atoms with Gasteiger partial charge in [0.05, 0.1) is 5.39 Å². The number of piperazine rings is 1. The molecule has 0 amide bonds. The van der Waals surface area contributed by atoms with Crippen LogP contribution in [0.2, 0.25) is 5.02 Å². The van der Waals surface area contributed by atoms with Crippen LogP contribution < -0.4 is 10.3 Å². The van der Waals surface area contributed by atoms with Crippen molar-refractivity contribution in [3.8, 4) is 0 Å². The molecule has 1 aliphatic rings. The first-order chi connectivity index (χ1) is 14.5. The van der Waals surface area contributed by atoms with Crippen LogP contribution in [0, 0.1) is 0 Å². The van der Waals surface area contributed by atoms with Crippen molar-refractivity contribution in [1.82, 2.24) is 19.4 Å². The molecule has 3 heterocycles. The normalized spacial score (nSPS) is 14.9. The highest BCUT2D eigenvalue weighted by molar-refractivity contribution is 6.30. The number of hydrogen-bond donors (Lipinski definition) is 1. The van der Waals surface area contributed by atoms with Crippen LogP contribution in [0.25, 0.3) is 11.0 Å². The molecule has 30 heavy (non-hydrogen) atoms. The predicted octanol–water partition coefficient (Wildman–Crippen LogP) is 2.49. The highest BCUT2D eigenvalue weighted by Gasteiger charge is 2.21. The van der Waals surface area contributed by atoms with E-state index >= 15 is 0 Å². The summed E-state index contributed by atoms with van der Waals surface area (Å²) in [6.45, 7) is 6.50. The number of benzene rings is 1. The number of fused-ring (bicyclic) bond motifs is 1. The van der Waals surface area contributed by atoms with Crippen molar-refractivity contribution in [1.29, 1.82) is 0 Å². The number of carbonyl (C=O) groups is 1.